The van der Waals surface area contributed by atoms with Crippen molar-refractivity contribution in [3.63, 3.8) is 0 Å². The number of hydrogen-bond acceptors (Lipinski definition) is 4. The summed E-state index contributed by atoms with van der Waals surface area (Å²) in [5, 5.41) is 12.0. The van der Waals surface area contributed by atoms with Crippen LogP contribution in [-0.4, -0.2) is 16.1 Å². The SMILES string of the molecule is c1ccc2c(c1)N(c1ccc3c(c1)Sc1cccc4c1c-3cc1sc3cc(N5c6ccccc6[Si]6(CCCC6)c6ccccc65)ccc3c14)c1ccccc1[Si]21CCCC1. The first kappa shape index (κ1) is 34.3. The molecule has 0 atom stereocenters. The van der Waals surface area contributed by atoms with E-state index in [-0.39, 0.29) is 0 Å². The van der Waals surface area contributed by atoms with Crippen LogP contribution in [0.15, 0.2) is 168 Å². The van der Waals surface area contributed by atoms with Gasteiger partial charge >= 0.3 is 0 Å². The number of anilines is 6. The molecule has 0 unspecified atom stereocenters. The van der Waals surface area contributed by atoms with Crippen molar-refractivity contribution in [1.82, 2.24) is 0 Å². The molecule has 0 aliphatic carbocycles. The topological polar surface area (TPSA) is 6.48 Å². The van der Waals surface area contributed by atoms with E-state index in [2.05, 4.69) is 168 Å². The van der Waals surface area contributed by atoms with Crippen LogP contribution in [0.3, 0.4) is 0 Å². The maximum Gasteiger partial charge on any atom is 0.123 e. The predicted octanol–water partition coefficient (Wildman–Crippen LogP) is 13.6. The molecule has 5 aliphatic rings. The fraction of sp³-hybridized carbons (Fsp3) is 0.148. The molecule has 0 saturated carbocycles. The minimum Gasteiger partial charge on any atom is -0.311 e. The van der Waals surface area contributed by atoms with Crippen molar-refractivity contribution in [1.29, 1.82) is 0 Å². The van der Waals surface area contributed by atoms with Crippen molar-refractivity contribution in [3.05, 3.63) is 158 Å². The third kappa shape index (κ3) is 4.50. The van der Waals surface area contributed by atoms with Gasteiger partial charge in [-0.3, -0.25) is 0 Å². The summed E-state index contributed by atoms with van der Waals surface area (Å²) >= 11 is 3.91. The van der Waals surface area contributed by atoms with E-state index < -0.39 is 16.1 Å². The van der Waals surface area contributed by atoms with Crippen molar-refractivity contribution >= 4 is 125 Å². The zero-order valence-electron chi connectivity index (χ0n) is 33.4. The summed E-state index contributed by atoms with van der Waals surface area (Å²) in [6.07, 6.45) is 5.42. The Morgan fingerprint density at radius 3 is 1.47 bits per heavy atom. The normalized spacial score (nSPS) is 17.6. The van der Waals surface area contributed by atoms with Crippen LogP contribution in [0.4, 0.5) is 34.1 Å². The van der Waals surface area contributed by atoms with Gasteiger partial charge in [-0.25, -0.2) is 0 Å². The van der Waals surface area contributed by atoms with Crippen LogP contribution < -0.4 is 30.5 Å². The molecular weight excluding hydrogens is 797 g/mol. The number of fused-ring (bicyclic) bond motifs is 14. The van der Waals surface area contributed by atoms with Gasteiger partial charge < -0.3 is 9.80 Å². The lowest BCUT2D eigenvalue weighted by Crippen LogP contribution is -2.60. The van der Waals surface area contributed by atoms with E-state index >= 15 is 0 Å². The summed E-state index contributed by atoms with van der Waals surface area (Å²) in [5.74, 6) is 0. The molecule has 0 amide bonds. The molecule has 0 radical (unpaired) electrons. The Labute approximate surface area is 361 Å². The highest BCUT2D eigenvalue weighted by molar-refractivity contribution is 7.99. The minimum atomic E-state index is -1.78. The molecule has 60 heavy (non-hydrogen) atoms. The largest absolute Gasteiger partial charge is 0.311 e. The summed E-state index contributed by atoms with van der Waals surface area (Å²) in [5.41, 5.74) is 10.8. The lowest BCUT2D eigenvalue weighted by molar-refractivity contribution is 0.935. The van der Waals surface area contributed by atoms with E-state index in [1.54, 1.807) is 20.7 Å². The van der Waals surface area contributed by atoms with Gasteiger partial charge in [0.1, 0.15) is 16.1 Å². The molecule has 8 aromatic carbocycles. The zero-order chi connectivity index (χ0) is 39.2. The van der Waals surface area contributed by atoms with Crippen LogP contribution >= 0.6 is 23.1 Å². The molecule has 5 aliphatic heterocycles. The van der Waals surface area contributed by atoms with Crippen molar-refractivity contribution in [2.24, 2.45) is 0 Å². The van der Waals surface area contributed by atoms with Crippen LogP contribution in [0, 0.1) is 0 Å². The molecule has 2 saturated heterocycles. The minimum absolute atomic E-state index is 1.26. The van der Waals surface area contributed by atoms with Crippen LogP contribution in [0.25, 0.3) is 42.1 Å². The predicted molar refractivity (Wildman–Crippen MR) is 264 cm³/mol. The molecule has 9 aromatic rings. The standard InChI is InChI=1S/C54H42N2S2Si2/c1-5-20-49-41(15-1)55(42-16-2-6-21-50(42)59(49)28-9-10-29-59)35-24-26-37-40-34-48-53(39-14-13-19-45(54(39)40)57-46(37)32-35)38-27-25-36(33-47(38)58-48)56-43-17-3-7-22-51(43)60(30-11-12-31-60)52-23-8-4-18-44(52)56/h1-8,13-27,32-34H,9-12,28-31H2. The van der Waals surface area contributed by atoms with Gasteiger partial charge in [0.05, 0.1) is 0 Å². The van der Waals surface area contributed by atoms with Crippen LogP contribution in [0.2, 0.25) is 24.2 Å². The number of thiophene rings is 1. The molecule has 2 nitrogen and oxygen atoms in total. The summed E-state index contributed by atoms with van der Waals surface area (Å²) in [4.78, 5) is 7.86. The molecule has 1 aromatic heterocycles. The van der Waals surface area contributed by atoms with Gasteiger partial charge in [0, 0.05) is 69.5 Å². The highest BCUT2D eigenvalue weighted by Gasteiger charge is 2.48. The van der Waals surface area contributed by atoms with Gasteiger partial charge in [-0.1, -0.05) is 135 Å². The lowest BCUT2D eigenvalue weighted by atomic mass is 9.94. The monoisotopic (exact) mass is 838 g/mol. The molecule has 0 N–H and O–H groups in total. The first-order valence-corrected chi connectivity index (χ1v) is 28.4. The fourth-order valence-electron chi connectivity index (χ4n) is 12.6. The average molecular weight is 839 g/mol. The Balaban J connectivity index is 0.914. The third-order valence-electron chi connectivity index (χ3n) is 15.1. The Morgan fingerprint density at radius 2 is 0.900 bits per heavy atom. The van der Waals surface area contributed by atoms with E-state index in [0.29, 0.717) is 0 Å². The second kappa shape index (κ2) is 12.6. The molecule has 6 heterocycles. The van der Waals surface area contributed by atoms with E-state index in [0.717, 1.165) is 0 Å². The van der Waals surface area contributed by atoms with Gasteiger partial charge in [0.15, 0.2) is 0 Å². The number of nitrogens with zero attached hydrogens (tertiary/aromatic N) is 2. The number of hydrogen-bond donors (Lipinski definition) is 0. The Kier molecular flexibility index (Phi) is 7.20. The van der Waals surface area contributed by atoms with Gasteiger partial charge in [0.25, 0.3) is 0 Å². The summed E-state index contributed by atoms with van der Waals surface area (Å²) in [7, 11) is -3.56. The number of benzene rings is 8. The lowest BCUT2D eigenvalue weighted by Gasteiger charge is -2.42. The van der Waals surface area contributed by atoms with Crippen molar-refractivity contribution < 1.29 is 0 Å². The summed E-state index contributed by atoms with van der Waals surface area (Å²) in [6, 6.07) is 67.2. The van der Waals surface area contributed by atoms with E-state index in [1.807, 2.05) is 23.1 Å². The quantitative estimate of drug-likeness (QED) is 0.160. The molecule has 2 spiro atoms. The molecule has 2 fully saturated rings. The van der Waals surface area contributed by atoms with Gasteiger partial charge in [-0.2, -0.15) is 0 Å². The summed E-state index contributed by atoms with van der Waals surface area (Å²) in [6.45, 7) is 0. The van der Waals surface area contributed by atoms with Crippen molar-refractivity contribution in [2.45, 2.75) is 59.7 Å². The van der Waals surface area contributed by atoms with Crippen LogP contribution in [0.1, 0.15) is 25.7 Å². The second-order valence-electron chi connectivity index (χ2n) is 17.9. The van der Waals surface area contributed by atoms with Crippen molar-refractivity contribution in [3.8, 4) is 11.1 Å². The molecule has 288 valence electrons. The first-order chi connectivity index (χ1) is 29.7. The number of rotatable bonds is 2. The second-order valence-corrected chi connectivity index (χ2v) is 28.5. The highest BCUT2D eigenvalue weighted by Crippen LogP contribution is 2.54. The smallest absolute Gasteiger partial charge is 0.123 e. The maximum absolute atomic E-state index is 2.58. The Bertz CT molecular complexity index is 3200. The number of para-hydroxylation sites is 4. The van der Waals surface area contributed by atoms with E-state index in [1.165, 1.54) is 136 Å². The maximum atomic E-state index is 2.58. The molecule has 6 heteroatoms. The van der Waals surface area contributed by atoms with Gasteiger partial charge in [-0.15, -0.1) is 11.3 Å². The third-order valence-corrected chi connectivity index (χ3v) is 28.0. The Hall–Kier alpha value is -5.38. The molecular formula is C54H42N2S2Si2. The molecule has 0 bridgehead atoms. The van der Waals surface area contributed by atoms with Crippen LogP contribution in [-0.2, 0) is 0 Å². The van der Waals surface area contributed by atoms with E-state index in [4.69, 9.17) is 0 Å². The molecule has 14 rings (SSSR count). The van der Waals surface area contributed by atoms with Crippen molar-refractivity contribution in [2.75, 3.05) is 9.80 Å². The highest BCUT2D eigenvalue weighted by atomic mass is 32.2. The fourth-order valence-corrected chi connectivity index (χ4v) is 26.1. The first-order valence-electron chi connectivity index (χ1n) is 21.9. The van der Waals surface area contributed by atoms with Gasteiger partial charge in [0.2, 0.25) is 0 Å². The zero-order valence-corrected chi connectivity index (χ0v) is 37.0. The Morgan fingerprint density at radius 1 is 0.383 bits per heavy atom. The summed E-state index contributed by atoms with van der Waals surface area (Å²) < 4.78 is 2.72. The van der Waals surface area contributed by atoms with Gasteiger partial charge in [-0.05, 0) is 122 Å². The van der Waals surface area contributed by atoms with Crippen LogP contribution in [0.5, 0.6) is 0 Å². The average Bonchev–Trinajstić information content (AvgIpc) is 4.07. The van der Waals surface area contributed by atoms with E-state index in [9.17, 15) is 0 Å².